The summed E-state index contributed by atoms with van der Waals surface area (Å²) >= 11 is 0. The molecule has 1 aromatic heterocycles. The number of halogens is 2. The van der Waals surface area contributed by atoms with Gasteiger partial charge in [0.25, 0.3) is 16.1 Å². The minimum atomic E-state index is -4.23. The zero-order valence-corrected chi connectivity index (χ0v) is 18.0. The average molecular weight is 451 g/mol. The number of para-hydroxylation sites is 1. The Bertz CT molecular complexity index is 1160. The van der Waals surface area contributed by atoms with Gasteiger partial charge in [-0.25, -0.2) is 13.9 Å². The first-order valence-electron chi connectivity index (χ1n) is 9.74. The second-order valence-electron chi connectivity index (χ2n) is 8.57. The number of alkyl halides is 2. The van der Waals surface area contributed by atoms with Crippen LogP contribution in [0.15, 0.2) is 24.4 Å². The first kappa shape index (κ1) is 21.7. The molecule has 1 spiro atoms. The van der Waals surface area contributed by atoms with Crippen molar-refractivity contribution in [2.45, 2.75) is 31.7 Å². The Morgan fingerprint density at radius 1 is 1.42 bits per heavy atom. The first-order valence-corrected chi connectivity index (χ1v) is 11.2. The monoisotopic (exact) mass is 451 g/mol. The number of nitrogens with zero attached hydrogens (tertiary/aromatic N) is 4. The van der Waals surface area contributed by atoms with Gasteiger partial charge in [-0.3, -0.25) is 4.98 Å². The number of benzene rings is 1. The Labute approximate surface area is 179 Å². The zero-order chi connectivity index (χ0) is 22.6. The highest BCUT2D eigenvalue weighted by atomic mass is 32.2. The number of pyridine rings is 1. The van der Waals surface area contributed by atoms with E-state index in [1.165, 1.54) is 6.20 Å². The lowest BCUT2D eigenvalue weighted by atomic mass is 9.60. The van der Waals surface area contributed by atoms with Gasteiger partial charge in [0.1, 0.15) is 17.3 Å². The van der Waals surface area contributed by atoms with Gasteiger partial charge in [-0.05, 0) is 18.9 Å². The van der Waals surface area contributed by atoms with E-state index in [1.54, 1.807) is 13.2 Å². The van der Waals surface area contributed by atoms with Crippen LogP contribution in [0.4, 0.5) is 14.5 Å². The van der Waals surface area contributed by atoms with E-state index >= 15 is 0 Å². The third-order valence-corrected chi connectivity index (χ3v) is 7.13. The molecule has 166 valence electrons. The van der Waals surface area contributed by atoms with Gasteiger partial charge in [0.15, 0.2) is 0 Å². The molecule has 0 bridgehead atoms. The van der Waals surface area contributed by atoms with Crippen LogP contribution in [0.5, 0.6) is 5.75 Å². The molecule has 2 aliphatic rings. The van der Waals surface area contributed by atoms with Gasteiger partial charge < -0.3 is 9.64 Å². The van der Waals surface area contributed by atoms with Crippen LogP contribution < -0.4 is 14.8 Å². The number of rotatable bonds is 6. The van der Waals surface area contributed by atoms with Crippen molar-refractivity contribution < 1.29 is 21.9 Å². The molecule has 0 amide bonds. The lowest BCUT2D eigenvalue weighted by molar-refractivity contribution is -0.0414. The summed E-state index contributed by atoms with van der Waals surface area (Å²) in [5.74, 6) is -2.57. The SMILES string of the molecule is COc1cccc2c(N3CC4(CC(N(CC(C)(F)F)S(N)(=O)=O)C4)C3)c(C#N)cnc12. The van der Waals surface area contributed by atoms with Crippen LogP contribution in [0, 0.1) is 16.7 Å². The lowest BCUT2D eigenvalue weighted by Gasteiger charge is -2.61. The number of hydrogen-bond acceptors (Lipinski definition) is 6. The third kappa shape index (κ3) is 3.91. The predicted octanol–water partition coefficient (Wildman–Crippen LogP) is 2.24. The summed E-state index contributed by atoms with van der Waals surface area (Å²) < 4.78 is 56.7. The molecule has 2 aromatic rings. The molecule has 1 aliphatic carbocycles. The summed E-state index contributed by atoms with van der Waals surface area (Å²) in [6, 6.07) is 7.13. The molecule has 1 aliphatic heterocycles. The largest absolute Gasteiger partial charge is 0.494 e. The number of anilines is 1. The Hall–Kier alpha value is -2.55. The maximum absolute atomic E-state index is 13.5. The Balaban J connectivity index is 1.54. The molecule has 1 saturated carbocycles. The summed E-state index contributed by atoms with van der Waals surface area (Å²) in [4.78, 5) is 6.41. The molecule has 31 heavy (non-hydrogen) atoms. The highest BCUT2D eigenvalue weighted by Gasteiger charge is 2.56. The van der Waals surface area contributed by atoms with Gasteiger partial charge in [0.2, 0.25) is 0 Å². The lowest BCUT2D eigenvalue weighted by Crippen LogP contribution is -2.68. The number of hydrogen-bond donors (Lipinski definition) is 1. The predicted molar refractivity (Wildman–Crippen MR) is 111 cm³/mol. The maximum Gasteiger partial charge on any atom is 0.277 e. The van der Waals surface area contributed by atoms with Crippen molar-refractivity contribution in [2.75, 3.05) is 31.6 Å². The quantitative estimate of drug-likeness (QED) is 0.721. The van der Waals surface area contributed by atoms with Gasteiger partial charge in [0, 0.05) is 43.1 Å². The second-order valence-corrected chi connectivity index (χ2v) is 10.1. The van der Waals surface area contributed by atoms with E-state index in [2.05, 4.69) is 11.1 Å². The fourth-order valence-corrected chi connectivity index (χ4v) is 5.76. The number of aromatic nitrogens is 1. The van der Waals surface area contributed by atoms with E-state index in [0.29, 0.717) is 54.0 Å². The molecule has 2 N–H and O–H groups in total. The van der Waals surface area contributed by atoms with E-state index in [9.17, 15) is 22.5 Å². The highest BCUT2D eigenvalue weighted by Crippen LogP contribution is 2.53. The molecule has 1 saturated heterocycles. The Morgan fingerprint density at radius 3 is 2.65 bits per heavy atom. The summed E-state index contributed by atoms with van der Waals surface area (Å²) in [7, 11) is -2.68. The van der Waals surface area contributed by atoms with Crippen molar-refractivity contribution in [3.63, 3.8) is 0 Å². The zero-order valence-electron chi connectivity index (χ0n) is 17.2. The van der Waals surface area contributed by atoms with Crippen molar-refractivity contribution in [1.29, 1.82) is 5.26 Å². The smallest absolute Gasteiger partial charge is 0.277 e. The summed E-state index contributed by atoms with van der Waals surface area (Å²) in [6.07, 6.45) is 2.41. The molecular weight excluding hydrogens is 428 g/mol. The molecule has 0 unspecified atom stereocenters. The van der Waals surface area contributed by atoms with E-state index in [4.69, 9.17) is 9.88 Å². The van der Waals surface area contributed by atoms with Crippen LogP contribution in [0.2, 0.25) is 0 Å². The number of fused-ring (bicyclic) bond motifs is 1. The molecule has 4 rings (SSSR count). The number of nitrogens with two attached hydrogens (primary N) is 1. The van der Waals surface area contributed by atoms with Crippen molar-refractivity contribution in [3.8, 4) is 11.8 Å². The fourth-order valence-electron chi connectivity index (χ4n) is 4.79. The van der Waals surface area contributed by atoms with Crippen molar-refractivity contribution in [2.24, 2.45) is 10.6 Å². The standard InChI is InChI=1S/C20H23F2N5O3S/c1-19(21,22)10-27(31(24,28)29)14-6-20(7-14)11-26(12-20)18-13(8-23)9-25-17-15(18)4-3-5-16(17)30-2/h3-5,9,14H,6-7,10-12H2,1-2H3,(H2,24,28,29). The Morgan fingerprint density at radius 2 is 2.10 bits per heavy atom. The van der Waals surface area contributed by atoms with Crippen LogP contribution in [0.25, 0.3) is 10.9 Å². The minimum absolute atomic E-state index is 0.183. The van der Waals surface area contributed by atoms with Crippen LogP contribution in [0.3, 0.4) is 0 Å². The first-order chi connectivity index (χ1) is 14.5. The van der Waals surface area contributed by atoms with Crippen LogP contribution in [0.1, 0.15) is 25.3 Å². The second kappa shape index (κ2) is 7.25. The molecule has 2 fully saturated rings. The van der Waals surface area contributed by atoms with Crippen molar-refractivity contribution in [1.82, 2.24) is 9.29 Å². The topological polar surface area (TPSA) is 113 Å². The molecule has 2 heterocycles. The van der Waals surface area contributed by atoms with Gasteiger partial charge >= 0.3 is 0 Å². The number of nitriles is 1. The van der Waals surface area contributed by atoms with E-state index < -0.39 is 28.7 Å². The number of ether oxygens (including phenoxy) is 1. The van der Waals surface area contributed by atoms with E-state index in [-0.39, 0.29) is 5.41 Å². The maximum atomic E-state index is 13.5. The van der Waals surface area contributed by atoms with E-state index in [0.717, 1.165) is 11.1 Å². The molecule has 0 atom stereocenters. The van der Waals surface area contributed by atoms with Crippen molar-refractivity contribution >= 4 is 26.8 Å². The third-order valence-electron chi connectivity index (χ3n) is 6.05. The summed E-state index contributed by atoms with van der Waals surface area (Å²) in [5, 5.41) is 15.6. The Kier molecular flexibility index (Phi) is 5.07. The number of methoxy groups -OCH3 is 1. The van der Waals surface area contributed by atoms with Crippen molar-refractivity contribution in [3.05, 3.63) is 30.0 Å². The summed E-state index contributed by atoms with van der Waals surface area (Å²) in [6.45, 7) is 0.936. The average Bonchev–Trinajstić information content (AvgIpc) is 2.62. The van der Waals surface area contributed by atoms with Gasteiger partial charge in [-0.2, -0.15) is 18.0 Å². The molecule has 1 aromatic carbocycles. The minimum Gasteiger partial charge on any atom is -0.494 e. The van der Waals surface area contributed by atoms with Crippen LogP contribution in [-0.4, -0.2) is 56.4 Å². The van der Waals surface area contributed by atoms with Crippen LogP contribution >= 0.6 is 0 Å². The molecule has 0 radical (unpaired) electrons. The van der Waals surface area contributed by atoms with E-state index in [1.807, 2.05) is 17.0 Å². The summed E-state index contributed by atoms with van der Waals surface area (Å²) in [5.41, 5.74) is 1.65. The molecular formula is C20H23F2N5O3S. The van der Waals surface area contributed by atoms with Gasteiger partial charge in [0.05, 0.1) is 24.9 Å². The molecule has 8 nitrogen and oxygen atoms in total. The highest BCUT2D eigenvalue weighted by molar-refractivity contribution is 7.86. The molecule has 11 heteroatoms. The van der Waals surface area contributed by atoms with Crippen LogP contribution in [-0.2, 0) is 10.2 Å². The normalized spacial score (nSPS) is 18.7. The van der Waals surface area contributed by atoms with Gasteiger partial charge in [-0.15, -0.1) is 0 Å². The van der Waals surface area contributed by atoms with Gasteiger partial charge in [-0.1, -0.05) is 12.1 Å². The fraction of sp³-hybridized carbons (Fsp3) is 0.500.